The third kappa shape index (κ3) is 1.37. The van der Waals surface area contributed by atoms with Gasteiger partial charge in [-0.3, -0.25) is 0 Å². The maximum atomic E-state index is 4.28. The van der Waals surface area contributed by atoms with Crippen molar-refractivity contribution in [3.8, 4) is 0 Å². The van der Waals surface area contributed by atoms with Gasteiger partial charge < -0.3 is 0 Å². The molecule has 0 aromatic carbocycles. The van der Waals surface area contributed by atoms with E-state index in [-0.39, 0.29) is 0 Å². The first kappa shape index (κ1) is 6.46. The summed E-state index contributed by atoms with van der Waals surface area (Å²) >= 11 is 0. The van der Waals surface area contributed by atoms with Crippen molar-refractivity contribution in [2.24, 2.45) is 5.10 Å². The van der Waals surface area contributed by atoms with E-state index < -0.39 is 0 Å². The Morgan fingerprint density at radius 2 is 2.33 bits per heavy atom. The summed E-state index contributed by atoms with van der Waals surface area (Å²) in [5.74, 6) is 0. The van der Waals surface area contributed by atoms with Gasteiger partial charge in [0.1, 0.15) is 0 Å². The summed E-state index contributed by atoms with van der Waals surface area (Å²) < 4.78 is 2.01. The van der Waals surface area contributed by atoms with Gasteiger partial charge in [0.15, 0.2) is 12.3 Å². The smallest absolute Gasteiger partial charge is 0.0929 e. The van der Waals surface area contributed by atoms with Crippen molar-refractivity contribution in [2.75, 3.05) is 0 Å². The molecule has 50 valence electrons. The molecule has 0 atom stereocenters. The minimum atomic E-state index is 0.516. The molecule has 9 heavy (non-hydrogen) atoms. The van der Waals surface area contributed by atoms with Gasteiger partial charge >= 0.3 is 0 Å². The summed E-state index contributed by atoms with van der Waals surface area (Å²) in [6.07, 6.45) is 3.15. The zero-order valence-corrected chi connectivity index (χ0v) is 6.26. The van der Waals surface area contributed by atoms with E-state index in [1.165, 1.54) is 5.71 Å². The molecule has 0 radical (unpaired) electrons. The fourth-order valence-corrected chi connectivity index (χ4v) is 0.831. The van der Waals surface area contributed by atoms with Crippen molar-refractivity contribution in [3.05, 3.63) is 0 Å². The largest absolute Gasteiger partial charge is 0.178 e. The standard InChI is InChI=1S/C7H13N2/c1-6(2)9-5-4-7(3)8-9/h5-6H,4H2,1-3H3/q+1. The van der Waals surface area contributed by atoms with Crippen LogP contribution in [0.3, 0.4) is 0 Å². The highest BCUT2D eigenvalue weighted by Crippen LogP contribution is 1.98. The van der Waals surface area contributed by atoms with E-state index >= 15 is 0 Å². The van der Waals surface area contributed by atoms with Crippen LogP contribution in [0.5, 0.6) is 0 Å². The molecular formula is C7H13N2+. The van der Waals surface area contributed by atoms with Crippen LogP contribution in [0, 0.1) is 0 Å². The van der Waals surface area contributed by atoms with Crippen molar-refractivity contribution < 1.29 is 4.68 Å². The Kier molecular flexibility index (Phi) is 1.65. The number of rotatable bonds is 1. The molecule has 0 saturated heterocycles. The summed E-state index contributed by atoms with van der Waals surface area (Å²) in [6.45, 7) is 6.33. The highest BCUT2D eigenvalue weighted by molar-refractivity contribution is 5.93. The Labute approximate surface area is 55.9 Å². The van der Waals surface area contributed by atoms with E-state index in [0.29, 0.717) is 6.04 Å². The second-order valence-corrected chi connectivity index (χ2v) is 2.70. The SMILES string of the molecule is CC1=N[N+](C(C)C)=CC1. The molecule has 0 bridgehead atoms. The van der Waals surface area contributed by atoms with E-state index in [4.69, 9.17) is 0 Å². The topological polar surface area (TPSA) is 15.4 Å². The molecule has 0 N–H and O–H groups in total. The van der Waals surface area contributed by atoms with Crippen LogP contribution in [-0.4, -0.2) is 22.7 Å². The molecule has 0 aromatic heterocycles. The number of hydrogen-bond acceptors (Lipinski definition) is 1. The monoisotopic (exact) mass is 125 g/mol. The van der Waals surface area contributed by atoms with Crippen molar-refractivity contribution >= 4 is 11.9 Å². The van der Waals surface area contributed by atoms with Gasteiger partial charge in [0.2, 0.25) is 0 Å². The molecule has 0 fully saturated rings. The van der Waals surface area contributed by atoms with Crippen LogP contribution in [0.1, 0.15) is 27.2 Å². The summed E-state index contributed by atoms with van der Waals surface area (Å²) in [4.78, 5) is 0. The van der Waals surface area contributed by atoms with E-state index in [1.807, 2.05) is 4.68 Å². The quantitative estimate of drug-likeness (QED) is 0.469. The molecule has 0 aliphatic carbocycles. The summed E-state index contributed by atoms with van der Waals surface area (Å²) in [6, 6.07) is 0.516. The molecule has 1 aliphatic rings. The summed E-state index contributed by atoms with van der Waals surface area (Å²) in [7, 11) is 0. The minimum Gasteiger partial charge on any atom is -0.0929 e. The Morgan fingerprint density at radius 3 is 2.56 bits per heavy atom. The zero-order chi connectivity index (χ0) is 6.85. The highest BCUT2D eigenvalue weighted by atomic mass is 15.4. The lowest BCUT2D eigenvalue weighted by Gasteiger charge is -1.92. The van der Waals surface area contributed by atoms with E-state index in [2.05, 4.69) is 32.1 Å². The third-order valence-corrected chi connectivity index (χ3v) is 1.39. The Morgan fingerprint density at radius 1 is 1.67 bits per heavy atom. The van der Waals surface area contributed by atoms with Crippen LogP contribution in [0.2, 0.25) is 0 Å². The molecule has 2 nitrogen and oxygen atoms in total. The first-order valence-electron chi connectivity index (χ1n) is 3.36. The molecular weight excluding hydrogens is 112 g/mol. The van der Waals surface area contributed by atoms with Crippen molar-refractivity contribution in [1.82, 2.24) is 0 Å². The first-order chi connectivity index (χ1) is 4.20. The number of hydrazone groups is 1. The van der Waals surface area contributed by atoms with Gasteiger partial charge in [-0.15, -0.1) is 0 Å². The second-order valence-electron chi connectivity index (χ2n) is 2.70. The summed E-state index contributed by atoms with van der Waals surface area (Å²) in [5.41, 5.74) is 1.21. The predicted molar refractivity (Wildman–Crippen MR) is 39.2 cm³/mol. The molecule has 0 spiro atoms. The Hall–Kier alpha value is -0.660. The summed E-state index contributed by atoms with van der Waals surface area (Å²) in [5, 5.41) is 4.28. The van der Waals surface area contributed by atoms with Crippen molar-refractivity contribution in [2.45, 2.75) is 33.2 Å². The van der Waals surface area contributed by atoms with Crippen LogP contribution < -0.4 is 0 Å². The fraction of sp³-hybridized carbons (Fsp3) is 0.714. The molecule has 0 saturated carbocycles. The lowest BCUT2D eigenvalue weighted by Crippen LogP contribution is -2.12. The molecule has 1 rings (SSSR count). The third-order valence-electron chi connectivity index (χ3n) is 1.39. The van der Waals surface area contributed by atoms with Gasteiger partial charge in [0.25, 0.3) is 0 Å². The van der Waals surface area contributed by atoms with Crippen LogP contribution in [-0.2, 0) is 0 Å². The average molecular weight is 125 g/mol. The van der Waals surface area contributed by atoms with Gasteiger partial charge in [0, 0.05) is 0 Å². The Bertz CT molecular complexity index is 166. The van der Waals surface area contributed by atoms with Gasteiger partial charge in [-0.25, -0.2) is 0 Å². The molecule has 0 aromatic rings. The zero-order valence-electron chi connectivity index (χ0n) is 6.26. The molecule has 1 heterocycles. The van der Waals surface area contributed by atoms with Gasteiger partial charge in [-0.05, 0) is 25.9 Å². The maximum absolute atomic E-state index is 4.28. The molecule has 0 unspecified atom stereocenters. The van der Waals surface area contributed by atoms with Crippen LogP contribution >= 0.6 is 0 Å². The van der Waals surface area contributed by atoms with Crippen LogP contribution in [0.25, 0.3) is 0 Å². The van der Waals surface area contributed by atoms with E-state index in [9.17, 15) is 0 Å². The number of hydrogen-bond donors (Lipinski definition) is 0. The normalized spacial score (nSPS) is 18.2. The first-order valence-corrected chi connectivity index (χ1v) is 3.36. The van der Waals surface area contributed by atoms with Crippen LogP contribution in [0.4, 0.5) is 0 Å². The maximum Gasteiger partial charge on any atom is 0.178 e. The van der Waals surface area contributed by atoms with Gasteiger partial charge in [0.05, 0.1) is 12.1 Å². The molecule has 0 amide bonds. The lowest BCUT2D eigenvalue weighted by atomic mass is 10.3. The van der Waals surface area contributed by atoms with Gasteiger partial charge in [-0.1, -0.05) is 4.68 Å². The highest BCUT2D eigenvalue weighted by Gasteiger charge is 2.14. The van der Waals surface area contributed by atoms with E-state index in [0.717, 1.165) is 6.42 Å². The lowest BCUT2D eigenvalue weighted by molar-refractivity contribution is -0.557. The van der Waals surface area contributed by atoms with Crippen molar-refractivity contribution in [3.63, 3.8) is 0 Å². The van der Waals surface area contributed by atoms with E-state index in [1.54, 1.807) is 0 Å². The fourth-order valence-electron chi connectivity index (χ4n) is 0.831. The van der Waals surface area contributed by atoms with Gasteiger partial charge in [-0.2, -0.15) is 0 Å². The average Bonchev–Trinajstić information content (AvgIpc) is 2.14. The minimum absolute atomic E-state index is 0.516. The van der Waals surface area contributed by atoms with Crippen LogP contribution in [0.15, 0.2) is 5.10 Å². The molecule has 1 aliphatic heterocycles. The molecule has 2 heteroatoms. The second kappa shape index (κ2) is 2.29. The Balaban J connectivity index is 2.64. The van der Waals surface area contributed by atoms with Crippen molar-refractivity contribution in [1.29, 1.82) is 0 Å². The number of nitrogens with zero attached hydrogens (tertiary/aromatic N) is 2. The predicted octanol–water partition coefficient (Wildman–Crippen LogP) is 1.26.